The van der Waals surface area contributed by atoms with E-state index in [1.807, 2.05) is 18.2 Å². The Kier molecular flexibility index (Phi) is 3.56. The van der Waals surface area contributed by atoms with Crippen molar-refractivity contribution in [3.8, 4) is 5.75 Å². The van der Waals surface area contributed by atoms with E-state index in [1.165, 1.54) is 36.0 Å². The van der Waals surface area contributed by atoms with Crippen LogP contribution in [0.15, 0.2) is 52.3 Å². The van der Waals surface area contributed by atoms with Crippen LogP contribution < -0.4 is 5.32 Å². The number of nitro benzene ring substituents is 1. The Balaban J connectivity index is 2.01. The summed E-state index contributed by atoms with van der Waals surface area (Å²) in [5, 5.41) is 23.4. The standard InChI is InChI=1S/C15H10N2O4S/c18-12-6-5-10(17(20)21)7-9(12)8-14-15(19)16-11-3-1-2-4-13(11)22-14/h1-8,18H,(H,16,19)/b14-8-. The smallest absolute Gasteiger partial charge is 0.270 e. The molecular formula is C15H10N2O4S. The lowest BCUT2D eigenvalue weighted by Gasteiger charge is -2.18. The number of nitro groups is 1. The second kappa shape index (κ2) is 5.53. The number of rotatable bonds is 2. The molecule has 22 heavy (non-hydrogen) atoms. The van der Waals surface area contributed by atoms with Crippen LogP contribution in [0.3, 0.4) is 0 Å². The fraction of sp³-hybridized carbons (Fsp3) is 0. The zero-order chi connectivity index (χ0) is 15.7. The average molecular weight is 314 g/mol. The Morgan fingerprint density at radius 1 is 1.23 bits per heavy atom. The molecule has 0 saturated carbocycles. The second-order valence-electron chi connectivity index (χ2n) is 4.56. The molecule has 0 spiro atoms. The number of carbonyl (C=O) groups excluding carboxylic acids is 1. The highest BCUT2D eigenvalue weighted by atomic mass is 32.2. The lowest BCUT2D eigenvalue weighted by Crippen LogP contribution is -2.17. The summed E-state index contributed by atoms with van der Waals surface area (Å²) in [6.07, 6.45) is 1.44. The molecule has 7 heteroatoms. The molecule has 1 aliphatic heterocycles. The number of nitrogens with zero attached hydrogens (tertiary/aromatic N) is 1. The molecule has 110 valence electrons. The predicted octanol–water partition coefficient (Wildman–Crippen LogP) is 3.39. The van der Waals surface area contributed by atoms with Gasteiger partial charge in [0.15, 0.2) is 0 Å². The lowest BCUT2D eigenvalue weighted by atomic mass is 10.1. The molecule has 1 aliphatic rings. The number of hydrogen-bond donors (Lipinski definition) is 2. The Morgan fingerprint density at radius 2 is 2.00 bits per heavy atom. The van der Waals surface area contributed by atoms with E-state index in [1.54, 1.807) is 6.07 Å². The summed E-state index contributed by atoms with van der Waals surface area (Å²) in [6.45, 7) is 0. The molecule has 1 amide bonds. The molecular weight excluding hydrogens is 304 g/mol. The Labute approximate surface area is 129 Å². The fourth-order valence-electron chi connectivity index (χ4n) is 2.01. The third-order valence-electron chi connectivity index (χ3n) is 3.09. The number of phenolic OH excluding ortho intramolecular Hbond substituents is 1. The SMILES string of the molecule is O=C1Nc2ccccc2S/C1=C\c1cc([N+](=O)[O-])ccc1O. The van der Waals surface area contributed by atoms with Crippen LogP contribution in [-0.4, -0.2) is 15.9 Å². The first-order chi connectivity index (χ1) is 10.5. The van der Waals surface area contributed by atoms with Crippen molar-refractivity contribution in [2.45, 2.75) is 4.90 Å². The van der Waals surface area contributed by atoms with Crippen LogP contribution in [0.25, 0.3) is 6.08 Å². The number of carbonyl (C=O) groups is 1. The molecule has 1 heterocycles. The highest BCUT2D eigenvalue weighted by Gasteiger charge is 2.21. The largest absolute Gasteiger partial charge is 0.507 e. The van der Waals surface area contributed by atoms with Crippen LogP contribution in [0.2, 0.25) is 0 Å². The van der Waals surface area contributed by atoms with Crippen LogP contribution >= 0.6 is 11.8 Å². The Bertz CT molecular complexity index is 817. The molecule has 0 atom stereocenters. The first kappa shape index (κ1) is 14.2. The maximum Gasteiger partial charge on any atom is 0.270 e. The molecule has 0 radical (unpaired) electrons. The van der Waals surface area contributed by atoms with Gasteiger partial charge in [-0.3, -0.25) is 14.9 Å². The number of amides is 1. The summed E-state index contributed by atoms with van der Waals surface area (Å²) >= 11 is 1.25. The van der Waals surface area contributed by atoms with Gasteiger partial charge >= 0.3 is 0 Å². The van der Waals surface area contributed by atoms with Crippen molar-refractivity contribution >= 4 is 35.1 Å². The molecule has 3 rings (SSSR count). The minimum atomic E-state index is -0.551. The van der Waals surface area contributed by atoms with Crippen molar-refractivity contribution in [3.05, 3.63) is 63.0 Å². The topological polar surface area (TPSA) is 92.5 Å². The van der Waals surface area contributed by atoms with Crippen molar-refractivity contribution in [2.24, 2.45) is 0 Å². The summed E-state index contributed by atoms with van der Waals surface area (Å²) in [6, 6.07) is 11.0. The van der Waals surface area contributed by atoms with Gasteiger partial charge in [0.2, 0.25) is 0 Å². The van der Waals surface area contributed by atoms with E-state index in [0.717, 1.165) is 10.6 Å². The summed E-state index contributed by atoms with van der Waals surface area (Å²) in [7, 11) is 0. The predicted molar refractivity (Wildman–Crippen MR) is 83.7 cm³/mol. The second-order valence-corrected chi connectivity index (χ2v) is 5.64. The molecule has 2 aromatic carbocycles. The highest BCUT2D eigenvalue weighted by Crippen LogP contribution is 2.39. The first-order valence-electron chi connectivity index (χ1n) is 6.32. The maximum absolute atomic E-state index is 12.1. The molecule has 0 aliphatic carbocycles. The zero-order valence-corrected chi connectivity index (χ0v) is 12.0. The average Bonchev–Trinajstić information content (AvgIpc) is 2.50. The van der Waals surface area contributed by atoms with Crippen molar-refractivity contribution in [1.29, 1.82) is 0 Å². The van der Waals surface area contributed by atoms with Crippen LogP contribution in [-0.2, 0) is 4.79 Å². The third kappa shape index (κ3) is 2.66. The Hall–Kier alpha value is -2.80. The number of nitrogens with one attached hydrogen (secondary N) is 1. The summed E-state index contributed by atoms with van der Waals surface area (Å²) in [5.74, 6) is -0.431. The number of aromatic hydroxyl groups is 1. The molecule has 0 fully saturated rings. The quantitative estimate of drug-likeness (QED) is 0.503. The molecule has 0 bridgehead atoms. The van der Waals surface area contributed by atoms with Crippen LogP contribution in [0.5, 0.6) is 5.75 Å². The first-order valence-corrected chi connectivity index (χ1v) is 7.13. The van der Waals surface area contributed by atoms with Crippen molar-refractivity contribution in [1.82, 2.24) is 0 Å². The number of para-hydroxylation sites is 1. The van der Waals surface area contributed by atoms with E-state index in [9.17, 15) is 20.0 Å². The van der Waals surface area contributed by atoms with Gasteiger partial charge in [-0.25, -0.2) is 0 Å². The van der Waals surface area contributed by atoms with Crippen molar-refractivity contribution in [3.63, 3.8) is 0 Å². The number of non-ortho nitro benzene ring substituents is 1. The van der Waals surface area contributed by atoms with Gasteiger partial charge in [0.25, 0.3) is 11.6 Å². The molecule has 2 N–H and O–H groups in total. The number of benzene rings is 2. The van der Waals surface area contributed by atoms with E-state index in [0.29, 0.717) is 4.91 Å². The number of fused-ring (bicyclic) bond motifs is 1. The monoisotopic (exact) mass is 314 g/mol. The molecule has 2 aromatic rings. The van der Waals surface area contributed by atoms with Crippen molar-refractivity contribution in [2.75, 3.05) is 5.32 Å². The van der Waals surface area contributed by atoms with Gasteiger partial charge in [-0.15, -0.1) is 0 Å². The highest BCUT2D eigenvalue weighted by molar-refractivity contribution is 8.04. The van der Waals surface area contributed by atoms with Gasteiger partial charge in [0, 0.05) is 22.6 Å². The minimum Gasteiger partial charge on any atom is -0.507 e. The zero-order valence-electron chi connectivity index (χ0n) is 11.1. The van der Waals surface area contributed by atoms with E-state index < -0.39 is 4.92 Å². The van der Waals surface area contributed by atoms with Gasteiger partial charge < -0.3 is 10.4 Å². The van der Waals surface area contributed by atoms with Crippen LogP contribution in [0.1, 0.15) is 5.56 Å². The number of thioether (sulfide) groups is 1. The molecule has 0 unspecified atom stereocenters. The van der Waals surface area contributed by atoms with Gasteiger partial charge in [-0.2, -0.15) is 0 Å². The maximum atomic E-state index is 12.1. The molecule has 0 aromatic heterocycles. The number of phenols is 1. The van der Waals surface area contributed by atoms with Gasteiger partial charge in [0.05, 0.1) is 15.5 Å². The minimum absolute atomic E-state index is 0.120. The normalized spacial score (nSPS) is 15.3. The number of anilines is 1. The lowest BCUT2D eigenvalue weighted by molar-refractivity contribution is -0.384. The summed E-state index contributed by atoms with van der Waals surface area (Å²) in [5.41, 5.74) is 0.801. The fourth-order valence-corrected chi connectivity index (χ4v) is 2.96. The van der Waals surface area contributed by atoms with Crippen molar-refractivity contribution < 1.29 is 14.8 Å². The van der Waals surface area contributed by atoms with E-state index >= 15 is 0 Å². The molecule has 6 nitrogen and oxygen atoms in total. The van der Waals surface area contributed by atoms with E-state index in [4.69, 9.17) is 0 Å². The van der Waals surface area contributed by atoms with Gasteiger partial charge in [0.1, 0.15) is 5.75 Å². The third-order valence-corrected chi connectivity index (χ3v) is 4.19. The van der Waals surface area contributed by atoms with E-state index in [-0.39, 0.29) is 22.9 Å². The van der Waals surface area contributed by atoms with Gasteiger partial charge in [-0.1, -0.05) is 23.9 Å². The Morgan fingerprint density at radius 3 is 2.77 bits per heavy atom. The van der Waals surface area contributed by atoms with E-state index in [2.05, 4.69) is 5.32 Å². The summed E-state index contributed by atoms with van der Waals surface area (Å²) in [4.78, 5) is 23.6. The van der Waals surface area contributed by atoms with Crippen LogP contribution in [0, 0.1) is 10.1 Å². The van der Waals surface area contributed by atoms with Gasteiger partial charge in [-0.05, 0) is 24.3 Å². The number of hydrogen-bond acceptors (Lipinski definition) is 5. The summed E-state index contributed by atoms with van der Waals surface area (Å²) < 4.78 is 0. The molecule has 0 saturated heterocycles. The van der Waals surface area contributed by atoms with Crippen LogP contribution in [0.4, 0.5) is 11.4 Å².